The van der Waals surface area contributed by atoms with E-state index in [9.17, 15) is 26.7 Å². The van der Waals surface area contributed by atoms with Crippen molar-refractivity contribution >= 4 is 16.8 Å². The number of fused-ring (bicyclic) bond motifs is 2. The molecule has 0 fully saturated rings. The van der Waals surface area contributed by atoms with Gasteiger partial charge < -0.3 is 14.8 Å². The Labute approximate surface area is 171 Å². The molecule has 0 unspecified atom stereocenters. The molecule has 12 heteroatoms. The van der Waals surface area contributed by atoms with Gasteiger partial charge in [-0.1, -0.05) is 6.07 Å². The number of ether oxygens (including phenoxy) is 2. The van der Waals surface area contributed by atoms with Gasteiger partial charge in [-0.25, -0.2) is 0 Å². The smallest absolute Gasteiger partial charge is 0.395 e. The SMILES string of the molecule is C[C@@H](NC(=O)Cc1ccc2c(c1)OC(F)(F)O2)c1cc2cnn(CC(F)(F)F)c2cn1. The van der Waals surface area contributed by atoms with E-state index < -0.39 is 31.0 Å². The standard InChI is InChI=1S/C19H15F5N4O3/c1-10(13-6-12-7-26-28(9-18(20,21)22)14(12)8-25-13)27-17(29)5-11-2-3-15-16(4-11)31-19(23,24)30-15/h2-4,6-8,10H,5,9H2,1H3,(H,27,29)/t10-/m1/s1. The van der Waals surface area contributed by atoms with Crippen LogP contribution in [-0.2, 0) is 17.8 Å². The van der Waals surface area contributed by atoms with Gasteiger partial charge in [-0.3, -0.25) is 14.5 Å². The van der Waals surface area contributed by atoms with Crippen molar-refractivity contribution in [2.75, 3.05) is 0 Å². The molecule has 0 saturated carbocycles. The molecule has 1 aliphatic heterocycles. The lowest BCUT2D eigenvalue weighted by Crippen LogP contribution is -2.28. The van der Waals surface area contributed by atoms with Gasteiger partial charge in [0.2, 0.25) is 5.91 Å². The lowest BCUT2D eigenvalue weighted by atomic mass is 10.1. The Hall–Kier alpha value is -3.44. The number of pyridine rings is 1. The maximum Gasteiger partial charge on any atom is 0.586 e. The summed E-state index contributed by atoms with van der Waals surface area (Å²) in [6.45, 7) is 0.428. The van der Waals surface area contributed by atoms with E-state index in [1.807, 2.05) is 0 Å². The normalized spacial score (nSPS) is 15.8. The third-order valence-corrected chi connectivity index (χ3v) is 4.53. The fraction of sp³-hybridized carbons (Fsp3) is 0.316. The molecule has 4 rings (SSSR count). The average molecular weight is 442 g/mol. The third-order valence-electron chi connectivity index (χ3n) is 4.53. The van der Waals surface area contributed by atoms with Crippen LogP contribution in [0, 0.1) is 0 Å². The lowest BCUT2D eigenvalue weighted by molar-refractivity contribution is -0.286. The fourth-order valence-electron chi connectivity index (χ4n) is 3.18. The maximum atomic E-state index is 13.1. The van der Waals surface area contributed by atoms with Crippen molar-refractivity contribution in [3.05, 3.63) is 47.9 Å². The number of rotatable bonds is 5. The number of benzene rings is 1. The predicted molar refractivity (Wildman–Crippen MR) is 96.5 cm³/mol. The van der Waals surface area contributed by atoms with Crippen molar-refractivity contribution in [1.29, 1.82) is 0 Å². The molecule has 7 nitrogen and oxygen atoms in total. The highest BCUT2D eigenvalue weighted by Gasteiger charge is 2.43. The molecule has 1 aliphatic rings. The molecule has 3 heterocycles. The van der Waals surface area contributed by atoms with Crippen LogP contribution in [0.5, 0.6) is 11.5 Å². The first-order chi connectivity index (χ1) is 14.5. The number of hydrogen-bond acceptors (Lipinski definition) is 5. The zero-order valence-corrected chi connectivity index (χ0v) is 15.9. The Kier molecular flexibility index (Phi) is 4.94. The Morgan fingerprint density at radius 1 is 1.19 bits per heavy atom. The van der Waals surface area contributed by atoms with Crippen LogP contribution in [0.25, 0.3) is 10.9 Å². The van der Waals surface area contributed by atoms with E-state index in [0.29, 0.717) is 16.6 Å². The van der Waals surface area contributed by atoms with E-state index in [2.05, 4.69) is 24.9 Å². The molecule has 2 aromatic heterocycles. The number of alkyl halides is 5. The Bertz CT molecular complexity index is 1150. The number of aromatic nitrogens is 3. The van der Waals surface area contributed by atoms with Crippen molar-refractivity contribution in [3.8, 4) is 11.5 Å². The molecule has 164 valence electrons. The number of amides is 1. The summed E-state index contributed by atoms with van der Waals surface area (Å²) in [4.78, 5) is 16.5. The van der Waals surface area contributed by atoms with Crippen LogP contribution < -0.4 is 14.8 Å². The van der Waals surface area contributed by atoms with Crippen molar-refractivity contribution in [2.45, 2.75) is 38.4 Å². The maximum absolute atomic E-state index is 13.1. The van der Waals surface area contributed by atoms with Gasteiger partial charge in [-0.15, -0.1) is 8.78 Å². The summed E-state index contributed by atoms with van der Waals surface area (Å²) < 4.78 is 73.5. The summed E-state index contributed by atoms with van der Waals surface area (Å²) in [5.74, 6) is -0.690. The van der Waals surface area contributed by atoms with Crippen molar-refractivity contribution in [1.82, 2.24) is 20.1 Å². The predicted octanol–water partition coefficient (Wildman–Crippen LogP) is 3.74. The molecule has 0 aliphatic carbocycles. The molecule has 0 spiro atoms. The Morgan fingerprint density at radius 3 is 2.68 bits per heavy atom. The molecule has 31 heavy (non-hydrogen) atoms. The molecule has 0 saturated heterocycles. The number of carbonyl (C=O) groups is 1. The van der Waals surface area contributed by atoms with Gasteiger partial charge in [-0.05, 0) is 30.7 Å². The average Bonchev–Trinajstić information content (AvgIpc) is 3.18. The zero-order chi connectivity index (χ0) is 22.4. The highest BCUT2D eigenvalue weighted by atomic mass is 19.4. The van der Waals surface area contributed by atoms with E-state index in [0.717, 1.165) is 4.68 Å². The molecule has 0 radical (unpaired) electrons. The molecule has 1 aromatic carbocycles. The van der Waals surface area contributed by atoms with E-state index in [4.69, 9.17) is 0 Å². The highest BCUT2D eigenvalue weighted by molar-refractivity contribution is 5.80. The summed E-state index contributed by atoms with van der Waals surface area (Å²) in [5.41, 5.74) is 1.08. The summed E-state index contributed by atoms with van der Waals surface area (Å²) >= 11 is 0. The highest BCUT2D eigenvalue weighted by Crippen LogP contribution is 2.41. The first kappa shape index (κ1) is 20.8. The number of carbonyl (C=O) groups excluding carboxylic acids is 1. The second-order valence-electron chi connectivity index (χ2n) is 7.00. The minimum Gasteiger partial charge on any atom is -0.395 e. The Balaban J connectivity index is 1.42. The number of halogens is 5. The largest absolute Gasteiger partial charge is 0.586 e. The van der Waals surface area contributed by atoms with Crippen molar-refractivity contribution in [2.24, 2.45) is 0 Å². The second kappa shape index (κ2) is 7.36. The first-order valence-corrected chi connectivity index (χ1v) is 9.05. The van der Waals surface area contributed by atoms with Gasteiger partial charge in [0.05, 0.1) is 36.1 Å². The van der Waals surface area contributed by atoms with Gasteiger partial charge in [0.1, 0.15) is 6.54 Å². The van der Waals surface area contributed by atoms with Crippen LogP contribution >= 0.6 is 0 Å². The summed E-state index contributed by atoms with van der Waals surface area (Å²) in [7, 11) is 0. The van der Waals surface area contributed by atoms with E-state index >= 15 is 0 Å². The van der Waals surface area contributed by atoms with Crippen LogP contribution in [-0.4, -0.2) is 33.1 Å². The molecular formula is C19H15F5N4O3. The van der Waals surface area contributed by atoms with Crippen LogP contribution in [0.2, 0.25) is 0 Å². The van der Waals surface area contributed by atoms with Crippen LogP contribution in [0.3, 0.4) is 0 Å². The monoisotopic (exact) mass is 442 g/mol. The summed E-state index contributed by atoms with van der Waals surface area (Å²) in [6, 6.07) is 5.04. The molecule has 0 bridgehead atoms. The Morgan fingerprint density at radius 2 is 1.94 bits per heavy atom. The summed E-state index contributed by atoms with van der Waals surface area (Å²) in [5, 5.41) is 6.89. The van der Waals surface area contributed by atoms with Crippen molar-refractivity contribution in [3.63, 3.8) is 0 Å². The fourth-order valence-corrected chi connectivity index (χ4v) is 3.18. The van der Waals surface area contributed by atoms with Gasteiger partial charge in [0.25, 0.3) is 0 Å². The van der Waals surface area contributed by atoms with Gasteiger partial charge in [-0.2, -0.15) is 18.3 Å². The minimum atomic E-state index is -4.41. The minimum absolute atomic E-state index is 0.113. The molecular weight excluding hydrogens is 427 g/mol. The van der Waals surface area contributed by atoms with E-state index in [1.54, 1.807) is 13.0 Å². The van der Waals surface area contributed by atoms with Crippen LogP contribution in [0.15, 0.2) is 36.7 Å². The van der Waals surface area contributed by atoms with Crippen molar-refractivity contribution < 1.29 is 36.2 Å². The first-order valence-electron chi connectivity index (χ1n) is 9.05. The third kappa shape index (κ3) is 4.67. The van der Waals surface area contributed by atoms with Gasteiger partial charge in [0.15, 0.2) is 11.5 Å². The second-order valence-corrected chi connectivity index (χ2v) is 7.00. The number of nitrogens with zero attached hydrogens (tertiary/aromatic N) is 3. The van der Waals surface area contributed by atoms with Gasteiger partial charge in [0, 0.05) is 5.39 Å². The quantitative estimate of drug-likeness (QED) is 0.610. The molecule has 3 aromatic rings. The van der Waals surface area contributed by atoms with Crippen LogP contribution in [0.1, 0.15) is 24.2 Å². The molecule has 1 amide bonds. The van der Waals surface area contributed by atoms with Crippen LogP contribution in [0.4, 0.5) is 22.0 Å². The summed E-state index contributed by atoms with van der Waals surface area (Å²) in [6.07, 6.45) is -5.70. The van der Waals surface area contributed by atoms with Gasteiger partial charge >= 0.3 is 12.5 Å². The lowest BCUT2D eigenvalue weighted by Gasteiger charge is -2.14. The molecule has 1 atom stereocenters. The number of hydrogen-bond donors (Lipinski definition) is 1. The van der Waals surface area contributed by atoms with E-state index in [-0.39, 0.29) is 23.4 Å². The van der Waals surface area contributed by atoms with E-state index in [1.165, 1.54) is 30.6 Å². The topological polar surface area (TPSA) is 78.3 Å². The number of nitrogens with one attached hydrogen (secondary N) is 1. The molecule has 1 N–H and O–H groups in total. The zero-order valence-electron chi connectivity index (χ0n) is 15.9.